The summed E-state index contributed by atoms with van der Waals surface area (Å²) in [6, 6.07) is 11.8. The van der Waals surface area contributed by atoms with Crippen LogP contribution in [0.4, 0.5) is 10.1 Å². The van der Waals surface area contributed by atoms with Gasteiger partial charge < -0.3 is 10.1 Å². The number of methoxy groups -OCH3 is 1. The van der Waals surface area contributed by atoms with Crippen LogP contribution in [0.25, 0.3) is 0 Å². The highest BCUT2D eigenvalue weighted by Crippen LogP contribution is 2.15. The average Bonchev–Trinajstić information content (AvgIpc) is 2.46. The average molecular weight is 337 g/mol. The number of ether oxygens (including phenoxy) is 1. The number of hydrogen-bond donors (Lipinski definition) is 1. The number of hydrogen-bond acceptors (Lipinski definition) is 4. The van der Waals surface area contributed by atoms with Crippen LogP contribution in [0.5, 0.6) is 5.75 Å². The Morgan fingerprint density at radius 1 is 1.17 bits per heavy atom. The van der Waals surface area contributed by atoms with E-state index in [0.29, 0.717) is 17.0 Å². The van der Waals surface area contributed by atoms with E-state index in [1.807, 2.05) is 0 Å². The third kappa shape index (κ3) is 5.37. The third-order valence-corrected chi connectivity index (χ3v) is 4.48. The van der Waals surface area contributed by atoms with Crippen LogP contribution in [0.15, 0.2) is 48.5 Å². The minimum Gasteiger partial charge on any atom is -0.497 e. The molecular formula is C16H16FNO4S. The van der Waals surface area contributed by atoms with Crippen molar-refractivity contribution in [1.82, 2.24) is 0 Å². The molecule has 2 aromatic carbocycles. The van der Waals surface area contributed by atoms with Gasteiger partial charge in [-0.2, -0.15) is 0 Å². The monoisotopic (exact) mass is 337 g/mol. The molecule has 0 spiro atoms. The van der Waals surface area contributed by atoms with Crippen LogP contribution in [0.2, 0.25) is 0 Å². The van der Waals surface area contributed by atoms with E-state index in [2.05, 4.69) is 5.32 Å². The molecule has 0 saturated heterocycles. The molecule has 0 saturated carbocycles. The molecule has 0 atom stereocenters. The molecule has 0 unspecified atom stereocenters. The van der Waals surface area contributed by atoms with Gasteiger partial charge in [0, 0.05) is 5.69 Å². The van der Waals surface area contributed by atoms with Crippen LogP contribution in [-0.2, 0) is 20.4 Å². The van der Waals surface area contributed by atoms with Crippen molar-refractivity contribution in [2.45, 2.75) is 5.75 Å². The normalized spacial score (nSPS) is 11.0. The Morgan fingerprint density at radius 3 is 2.48 bits per heavy atom. The first-order valence-electron chi connectivity index (χ1n) is 6.77. The Morgan fingerprint density at radius 2 is 1.87 bits per heavy atom. The molecule has 0 aliphatic rings. The summed E-state index contributed by atoms with van der Waals surface area (Å²) in [5, 5.41) is 2.50. The Hall–Kier alpha value is -2.41. The fourth-order valence-electron chi connectivity index (χ4n) is 2.00. The van der Waals surface area contributed by atoms with E-state index in [9.17, 15) is 17.6 Å². The van der Waals surface area contributed by atoms with E-state index in [0.717, 1.165) is 6.07 Å². The van der Waals surface area contributed by atoms with E-state index in [1.54, 1.807) is 24.3 Å². The van der Waals surface area contributed by atoms with Gasteiger partial charge in [0.05, 0.1) is 12.9 Å². The van der Waals surface area contributed by atoms with Gasteiger partial charge in [-0.3, -0.25) is 4.79 Å². The molecule has 0 heterocycles. The van der Waals surface area contributed by atoms with Crippen molar-refractivity contribution in [2.24, 2.45) is 0 Å². The van der Waals surface area contributed by atoms with Crippen LogP contribution in [0, 0.1) is 5.82 Å². The minimum absolute atomic E-state index is 0.308. The van der Waals surface area contributed by atoms with Gasteiger partial charge in [-0.1, -0.05) is 12.1 Å². The lowest BCUT2D eigenvalue weighted by Gasteiger charge is -2.07. The number of nitrogens with one attached hydrogen (secondary N) is 1. The van der Waals surface area contributed by atoms with Crippen molar-refractivity contribution in [3.8, 4) is 5.75 Å². The molecular weight excluding hydrogens is 321 g/mol. The quantitative estimate of drug-likeness (QED) is 0.878. The standard InChI is InChI=1S/C16H16FNO4S/c1-22-15-7-5-14(6-8-15)18-16(19)11-23(20,21)10-12-3-2-4-13(17)9-12/h2-9H,10-11H2,1H3,(H,18,19). The second kappa shape index (κ2) is 7.23. The summed E-state index contributed by atoms with van der Waals surface area (Å²) in [4.78, 5) is 11.8. The van der Waals surface area contributed by atoms with Crippen molar-refractivity contribution < 1.29 is 22.3 Å². The largest absolute Gasteiger partial charge is 0.497 e. The van der Waals surface area contributed by atoms with Crippen molar-refractivity contribution in [3.05, 3.63) is 59.9 Å². The van der Waals surface area contributed by atoms with E-state index in [4.69, 9.17) is 4.74 Å². The van der Waals surface area contributed by atoms with E-state index < -0.39 is 27.3 Å². The molecule has 0 aliphatic heterocycles. The predicted octanol–water partition coefficient (Wildman–Crippen LogP) is 2.39. The van der Waals surface area contributed by atoms with Gasteiger partial charge in [0.1, 0.15) is 17.3 Å². The molecule has 2 rings (SSSR count). The highest BCUT2D eigenvalue weighted by atomic mass is 32.2. The van der Waals surface area contributed by atoms with Crippen molar-refractivity contribution in [2.75, 3.05) is 18.2 Å². The summed E-state index contributed by atoms with van der Waals surface area (Å²) in [6.45, 7) is 0. The van der Waals surface area contributed by atoms with Gasteiger partial charge in [0.2, 0.25) is 5.91 Å². The van der Waals surface area contributed by atoms with Crippen LogP contribution in [-0.4, -0.2) is 27.2 Å². The third-order valence-electron chi connectivity index (χ3n) is 3.00. The maximum atomic E-state index is 13.1. The zero-order valence-electron chi connectivity index (χ0n) is 12.5. The summed E-state index contributed by atoms with van der Waals surface area (Å²) in [6.07, 6.45) is 0. The van der Waals surface area contributed by atoms with Crippen LogP contribution in [0.1, 0.15) is 5.56 Å². The van der Waals surface area contributed by atoms with Crippen LogP contribution < -0.4 is 10.1 Å². The molecule has 0 fully saturated rings. The molecule has 1 amide bonds. The van der Waals surface area contributed by atoms with Crippen LogP contribution in [0.3, 0.4) is 0 Å². The number of amides is 1. The van der Waals surface area contributed by atoms with Crippen LogP contribution >= 0.6 is 0 Å². The number of anilines is 1. The second-order valence-electron chi connectivity index (χ2n) is 4.94. The van der Waals surface area contributed by atoms with Gasteiger partial charge in [-0.25, -0.2) is 12.8 Å². The highest BCUT2D eigenvalue weighted by molar-refractivity contribution is 7.91. The van der Waals surface area contributed by atoms with Crippen molar-refractivity contribution in [1.29, 1.82) is 0 Å². The summed E-state index contributed by atoms with van der Waals surface area (Å²) in [5.41, 5.74) is 0.777. The number of halogens is 1. The lowest BCUT2D eigenvalue weighted by atomic mass is 10.2. The molecule has 5 nitrogen and oxygen atoms in total. The smallest absolute Gasteiger partial charge is 0.239 e. The molecule has 23 heavy (non-hydrogen) atoms. The van der Waals surface area contributed by atoms with E-state index in [-0.39, 0.29) is 5.75 Å². The number of rotatable bonds is 6. The molecule has 1 N–H and O–H groups in total. The van der Waals surface area contributed by atoms with E-state index in [1.165, 1.54) is 25.3 Å². The zero-order chi connectivity index (χ0) is 16.9. The lowest BCUT2D eigenvalue weighted by Crippen LogP contribution is -2.23. The minimum atomic E-state index is -3.69. The van der Waals surface area contributed by atoms with Gasteiger partial charge in [-0.15, -0.1) is 0 Å². The number of carbonyl (C=O) groups is 1. The first-order chi connectivity index (χ1) is 10.9. The Kier molecular flexibility index (Phi) is 5.33. The van der Waals surface area contributed by atoms with Crippen molar-refractivity contribution in [3.63, 3.8) is 0 Å². The maximum absolute atomic E-state index is 13.1. The van der Waals surface area contributed by atoms with E-state index >= 15 is 0 Å². The predicted molar refractivity (Wildman–Crippen MR) is 85.5 cm³/mol. The molecule has 7 heteroatoms. The topological polar surface area (TPSA) is 72.5 Å². The Bertz CT molecular complexity index is 788. The molecule has 0 bridgehead atoms. The molecule has 2 aromatic rings. The summed E-state index contributed by atoms with van der Waals surface area (Å²) in [7, 11) is -2.17. The number of benzene rings is 2. The number of sulfone groups is 1. The van der Waals surface area contributed by atoms with Crippen molar-refractivity contribution >= 4 is 21.4 Å². The molecule has 0 aromatic heterocycles. The molecule has 0 aliphatic carbocycles. The fourth-order valence-corrected chi connectivity index (χ4v) is 3.26. The lowest BCUT2D eigenvalue weighted by molar-refractivity contribution is -0.113. The second-order valence-corrected chi connectivity index (χ2v) is 7.00. The SMILES string of the molecule is COc1ccc(NC(=O)CS(=O)(=O)Cc2cccc(F)c2)cc1. The van der Waals surface area contributed by atoms with Gasteiger partial charge >= 0.3 is 0 Å². The fraction of sp³-hybridized carbons (Fsp3) is 0.188. The maximum Gasteiger partial charge on any atom is 0.239 e. The van der Waals surface area contributed by atoms with Gasteiger partial charge in [-0.05, 0) is 42.0 Å². The van der Waals surface area contributed by atoms with Gasteiger partial charge in [0.15, 0.2) is 9.84 Å². The first kappa shape index (κ1) is 17.0. The molecule has 122 valence electrons. The number of carbonyl (C=O) groups excluding carboxylic acids is 1. The zero-order valence-corrected chi connectivity index (χ0v) is 13.3. The molecule has 0 radical (unpaired) electrons. The first-order valence-corrected chi connectivity index (χ1v) is 8.59. The Balaban J connectivity index is 1.97. The summed E-state index contributed by atoms with van der Waals surface area (Å²) in [5.74, 6) is -1.59. The summed E-state index contributed by atoms with van der Waals surface area (Å²) >= 11 is 0. The van der Waals surface area contributed by atoms with Gasteiger partial charge in [0.25, 0.3) is 0 Å². The summed E-state index contributed by atoms with van der Waals surface area (Å²) < 4.78 is 42.1. The highest BCUT2D eigenvalue weighted by Gasteiger charge is 2.18. The Labute approximate surface area is 134 Å².